The molecule has 0 spiro atoms. The highest BCUT2D eigenvalue weighted by Crippen LogP contribution is 2.32. The van der Waals surface area contributed by atoms with Gasteiger partial charge in [-0.2, -0.15) is 0 Å². The van der Waals surface area contributed by atoms with Crippen LogP contribution in [0.25, 0.3) is 0 Å². The molecule has 6 heteroatoms. The largest absolute Gasteiger partial charge is 0.325 e. The van der Waals surface area contributed by atoms with E-state index in [-0.39, 0.29) is 30.6 Å². The summed E-state index contributed by atoms with van der Waals surface area (Å²) < 4.78 is 13.1. The van der Waals surface area contributed by atoms with Gasteiger partial charge in [0.1, 0.15) is 12.4 Å². The summed E-state index contributed by atoms with van der Waals surface area (Å²) in [6, 6.07) is 20.6. The Morgan fingerprint density at radius 1 is 1.03 bits per heavy atom. The Bertz CT molecular complexity index is 1120. The molecule has 3 aromatic carbocycles. The fraction of sp³-hybridized carbons (Fsp3) is 0.125. The minimum absolute atomic E-state index is 0.0849. The van der Waals surface area contributed by atoms with E-state index < -0.39 is 0 Å². The maximum atomic E-state index is 13.1. The monoisotopic (exact) mass is 401 g/mol. The van der Waals surface area contributed by atoms with Gasteiger partial charge in [-0.25, -0.2) is 4.39 Å². The number of aryl methyl sites for hydroxylation is 1. The van der Waals surface area contributed by atoms with E-state index >= 15 is 0 Å². The summed E-state index contributed by atoms with van der Waals surface area (Å²) in [6.45, 7) is 1.84. The smallest absolute Gasteiger partial charge is 0.244 e. The first-order valence-corrected chi connectivity index (χ1v) is 9.59. The summed E-state index contributed by atoms with van der Waals surface area (Å²) in [6.07, 6.45) is 0.0849. The SMILES string of the molecule is Cc1ccc(C2=Nc3ccccc3N(CC(=O)Nc3ccc(F)cc3)C(=O)C2)cc1. The lowest BCUT2D eigenvalue weighted by Crippen LogP contribution is -2.38. The molecule has 0 unspecified atom stereocenters. The van der Waals surface area contributed by atoms with Crippen LogP contribution in [0.15, 0.2) is 77.8 Å². The van der Waals surface area contributed by atoms with E-state index in [0.717, 1.165) is 11.1 Å². The van der Waals surface area contributed by atoms with Gasteiger partial charge in [0.05, 0.1) is 23.5 Å². The third-order valence-electron chi connectivity index (χ3n) is 4.86. The molecule has 2 amide bonds. The van der Waals surface area contributed by atoms with Crippen molar-refractivity contribution in [3.05, 3.63) is 89.7 Å². The van der Waals surface area contributed by atoms with Crippen LogP contribution in [-0.2, 0) is 9.59 Å². The van der Waals surface area contributed by atoms with Crippen molar-refractivity contribution in [1.29, 1.82) is 0 Å². The Labute approximate surface area is 173 Å². The van der Waals surface area contributed by atoms with Gasteiger partial charge >= 0.3 is 0 Å². The van der Waals surface area contributed by atoms with E-state index in [2.05, 4.69) is 5.32 Å². The number of para-hydroxylation sites is 2. The molecule has 1 N–H and O–H groups in total. The summed E-state index contributed by atoms with van der Waals surface area (Å²) in [5, 5.41) is 2.70. The summed E-state index contributed by atoms with van der Waals surface area (Å²) in [7, 11) is 0. The molecule has 0 aliphatic carbocycles. The summed E-state index contributed by atoms with van der Waals surface area (Å²) >= 11 is 0. The Balaban J connectivity index is 1.60. The van der Waals surface area contributed by atoms with Crippen LogP contribution in [-0.4, -0.2) is 24.1 Å². The summed E-state index contributed by atoms with van der Waals surface area (Å²) in [5.41, 5.74) is 4.34. The van der Waals surface area contributed by atoms with Crippen LogP contribution in [0.3, 0.4) is 0 Å². The van der Waals surface area contributed by atoms with Gasteiger partial charge in [-0.05, 0) is 48.9 Å². The molecule has 30 heavy (non-hydrogen) atoms. The third-order valence-corrected chi connectivity index (χ3v) is 4.86. The van der Waals surface area contributed by atoms with E-state index in [9.17, 15) is 14.0 Å². The molecule has 1 aliphatic heterocycles. The summed E-state index contributed by atoms with van der Waals surface area (Å²) in [5.74, 6) is -0.970. The van der Waals surface area contributed by atoms with Crippen molar-refractivity contribution in [3.8, 4) is 0 Å². The highest BCUT2D eigenvalue weighted by Gasteiger charge is 2.26. The molecule has 4 rings (SSSR count). The number of carbonyl (C=O) groups is 2. The van der Waals surface area contributed by atoms with Crippen molar-refractivity contribution in [3.63, 3.8) is 0 Å². The minimum atomic E-state index is -0.384. The van der Waals surface area contributed by atoms with Crippen molar-refractivity contribution >= 4 is 34.6 Å². The van der Waals surface area contributed by atoms with Crippen molar-refractivity contribution in [1.82, 2.24) is 0 Å². The van der Waals surface area contributed by atoms with Gasteiger partial charge in [-0.1, -0.05) is 42.0 Å². The van der Waals surface area contributed by atoms with Gasteiger partial charge in [0, 0.05) is 5.69 Å². The average Bonchev–Trinajstić information content (AvgIpc) is 2.87. The number of benzene rings is 3. The topological polar surface area (TPSA) is 61.8 Å². The number of rotatable bonds is 4. The molecule has 1 aliphatic rings. The lowest BCUT2D eigenvalue weighted by atomic mass is 10.1. The number of anilines is 2. The highest BCUT2D eigenvalue weighted by atomic mass is 19.1. The van der Waals surface area contributed by atoms with Gasteiger partial charge in [-0.15, -0.1) is 0 Å². The zero-order chi connectivity index (χ0) is 21.1. The molecule has 3 aromatic rings. The molecule has 0 bridgehead atoms. The number of nitrogens with zero attached hydrogens (tertiary/aromatic N) is 2. The second-order valence-corrected chi connectivity index (χ2v) is 7.12. The summed E-state index contributed by atoms with van der Waals surface area (Å²) in [4.78, 5) is 31.8. The van der Waals surface area contributed by atoms with Crippen LogP contribution in [0.4, 0.5) is 21.5 Å². The first-order valence-electron chi connectivity index (χ1n) is 9.59. The van der Waals surface area contributed by atoms with Gasteiger partial charge in [0.25, 0.3) is 0 Å². The third kappa shape index (κ3) is 4.27. The molecule has 0 aromatic heterocycles. The van der Waals surface area contributed by atoms with E-state index in [1.165, 1.54) is 29.2 Å². The highest BCUT2D eigenvalue weighted by molar-refractivity contribution is 6.19. The van der Waals surface area contributed by atoms with Crippen molar-refractivity contribution in [2.45, 2.75) is 13.3 Å². The Hall–Kier alpha value is -3.80. The lowest BCUT2D eigenvalue weighted by molar-refractivity contribution is -0.120. The van der Waals surface area contributed by atoms with Crippen molar-refractivity contribution in [2.24, 2.45) is 4.99 Å². The van der Waals surface area contributed by atoms with Gasteiger partial charge in [-0.3, -0.25) is 14.6 Å². The molecular weight excluding hydrogens is 381 g/mol. The molecular formula is C24H20FN3O2. The predicted molar refractivity (Wildman–Crippen MR) is 116 cm³/mol. The minimum Gasteiger partial charge on any atom is -0.325 e. The molecule has 0 saturated carbocycles. The Kier molecular flexibility index (Phi) is 5.39. The zero-order valence-corrected chi connectivity index (χ0v) is 16.4. The van der Waals surface area contributed by atoms with Crippen LogP contribution < -0.4 is 10.2 Å². The normalized spacial score (nSPS) is 13.3. The maximum absolute atomic E-state index is 13.1. The van der Waals surface area contributed by atoms with Crippen molar-refractivity contribution in [2.75, 3.05) is 16.8 Å². The number of fused-ring (bicyclic) bond motifs is 1. The lowest BCUT2D eigenvalue weighted by Gasteiger charge is -2.22. The first kappa shape index (κ1) is 19.5. The molecule has 150 valence electrons. The van der Waals surface area contributed by atoms with Crippen LogP contribution in [0.1, 0.15) is 17.5 Å². The average molecular weight is 401 g/mol. The van der Waals surface area contributed by atoms with E-state index in [1.54, 1.807) is 6.07 Å². The van der Waals surface area contributed by atoms with Crippen LogP contribution in [0.5, 0.6) is 0 Å². The Morgan fingerprint density at radius 3 is 2.47 bits per heavy atom. The molecule has 0 radical (unpaired) electrons. The standard InChI is InChI=1S/C24H20FN3O2/c1-16-6-8-17(9-7-16)21-14-24(30)28(22-5-3-2-4-20(22)27-21)15-23(29)26-19-12-10-18(25)11-13-19/h2-13H,14-15H2,1H3,(H,26,29). The van der Waals surface area contributed by atoms with Crippen LogP contribution in [0, 0.1) is 12.7 Å². The van der Waals surface area contributed by atoms with E-state index in [0.29, 0.717) is 22.8 Å². The van der Waals surface area contributed by atoms with Crippen molar-refractivity contribution < 1.29 is 14.0 Å². The molecule has 0 atom stereocenters. The van der Waals surface area contributed by atoms with E-state index in [1.807, 2.05) is 49.4 Å². The fourth-order valence-electron chi connectivity index (χ4n) is 3.31. The number of halogens is 1. The van der Waals surface area contributed by atoms with Gasteiger partial charge < -0.3 is 10.2 Å². The van der Waals surface area contributed by atoms with E-state index in [4.69, 9.17) is 4.99 Å². The number of amides is 2. The quantitative estimate of drug-likeness (QED) is 0.693. The van der Waals surface area contributed by atoms with Crippen LogP contribution >= 0.6 is 0 Å². The first-order chi connectivity index (χ1) is 14.5. The number of carbonyl (C=O) groups excluding carboxylic acids is 2. The number of aliphatic imine (C=N–C) groups is 1. The molecule has 1 heterocycles. The van der Waals surface area contributed by atoms with Crippen LogP contribution in [0.2, 0.25) is 0 Å². The molecule has 0 saturated heterocycles. The van der Waals surface area contributed by atoms with Gasteiger partial charge in [0.2, 0.25) is 11.8 Å². The number of hydrogen-bond acceptors (Lipinski definition) is 3. The number of nitrogens with one attached hydrogen (secondary N) is 1. The van der Waals surface area contributed by atoms with Gasteiger partial charge in [0.15, 0.2) is 0 Å². The maximum Gasteiger partial charge on any atom is 0.244 e. The Morgan fingerprint density at radius 2 is 1.73 bits per heavy atom. The second-order valence-electron chi connectivity index (χ2n) is 7.12. The predicted octanol–water partition coefficient (Wildman–Crippen LogP) is 4.63. The molecule has 0 fully saturated rings. The zero-order valence-electron chi connectivity index (χ0n) is 16.4. The fourth-order valence-corrected chi connectivity index (χ4v) is 3.31. The molecule has 5 nitrogen and oxygen atoms in total. The number of hydrogen-bond donors (Lipinski definition) is 1. The second kappa shape index (κ2) is 8.29.